The molecule has 1 heterocycles. The molecule has 108 valence electrons. The predicted octanol–water partition coefficient (Wildman–Crippen LogP) is -1.14. The van der Waals surface area contributed by atoms with Gasteiger partial charge in [0.2, 0.25) is 5.91 Å². The summed E-state index contributed by atoms with van der Waals surface area (Å²) >= 11 is 0. The number of hydrogen-bond acceptors (Lipinski definition) is 5. The minimum atomic E-state index is -3.04. The third-order valence-corrected chi connectivity index (χ3v) is 4.48. The van der Waals surface area contributed by atoms with Crippen LogP contribution in [0.4, 0.5) is 0 Å². The maximum Gasteiger partial charge on any atom is 0.317 e. The van der Waals surface area contributed by atoms with Gasteiger partial charge < -0.3 is 10.4 Å². The lowest BCUT2D eigenvalue weighted by Gasteiger charge is -2.19. The van der Waals surface area contributed by atoms with Crippen LogP contribution in [-0.4, -0.2) is 67.5 Å². The summed E-state index contributed by atoms with van der Waals surface area (Å²) in [5, 5.41) is 11.3. The number of rotatable bonds is 7. The van der Waals surface area contributed by atoms with E-state index in [1.165, 1.54) is 11.0 Å². The largest absolute Gasteiger partial charge is 0.480 e. The Morgan fingerprint density at radius 2 is 2.11 bits per heavy atom. The highest BCUT2D eigenvalue weighted by Gasteiger charge is 2.29. The van der Waals surface area contributed by atoms with Crippen molar-refractivity contribution in [3.8, 4) is 0 Å². The molecule has 0 radical (unpaired) electrons. The summed E-state index contributed by atoms with van der Waals surface area (Å²) in [7, 11) is -3.04. The second kappa shape index (κ2) is 6.67. The van der Waals surface area contributed by atoms with E-state index in [4.69, 9.17) is 5.11 Å². The second-order valence-corrected chi connectivity index (χ2v) is 6.75. The first kappa shape index (κ1) is 15.6. The molecule has 19 heavy (non-hydrogen) atoms. The fraction of sp³-hybridized carbons (Fsp3) is 0.636. The van der Waals surface area contributed by atoms with E-state index < -0.39 is 15.8 Å². The number of amides is 1. The number of carbonyl (C=O) groups excluding carboxylic acids is 1. The molecule has 1 rings (SSSR count). The minimum absolute atomic E-state index is 0.0425. The van der Waals surface area contributed by atoms with Gasteiger partial charge in [-0.1, -0.05) is 6.08 Å². The maximum absolute atomic E-state index is 11.7. The maximum atomic E-state index is 11.7. The fourth-order valence-corrected chi connectivity index (χ4v) is 3.62. The lowest BCUT2D eigenvalue weighted by atomic mass is 10.2. The van der Waals surface area contributed by atoms with Gasteiger partial charge in [-0.2, -0.15) is 0 Å². The van der Waals surface area contributed by atoms with Crippen LogP contribution in [0.25, 0.3) is 0 Å². The van der Waals surface area contributed by atoms with Crippen molar-refractivity contribution in [2.45, 2.75) is 12.5 Å². The van der Waals surface area contributed by atoms with E-state index >= 15 is 0 Å². The molecule has 2 N–H and O–H groups in total. The topological polar surface area (TPSA) is 104 Å². The van der Waals surface area contributed by atoms with Crippen molar-refractivity contribution >= 4 is 21.7 Å². The van der Waals surface area contributed by atoms with E-state index in [-0.39, 0.29) is 43.1 Å². The van der Waals surface area contributed by atoms with Crippen LogP contribution in [0.5, 0.6) is 0 Å². The standard InChI is InChI=1S/C11H18N2O5S/c1-2-4-13(7-11(15)16)6-10(14)12-9-3-5-19(17,18)8-9/h2,9H,1,3-8H2,(H,12,14)(H,15,16). The van der Waals surface area contributed by atoms with Crippen molar-refractivity contribution in [2.75, 3.05) is 31.1 Å². The Balaban J connectivity index is 2.44. The summed E-state index contributed by atoms with van der Waals surface area (Å²) in [6.45, 7) is 3.42. The first-order valence-electron chi connectivity index (χ1n) is 5.87. The third kappa shape index (κ3) is 5.84. The molecule has 1 aliphatic heterocycles. The van der Waals surface area contributed by atoms with Crippen LogP contribution in [0.1, 0.15) is 6.42 Å². The SMILES string of the molecule is C=CCN(CC(=O)O)CC(=O)NC1CCS(=O)(=O)C1. The van der Waals surface area contributed by atoms with Crippen LogP contribution in [0.3, 0.4) is 0 Å². The quantitative estimate of drug-likeness (QED) is 0.575. The Morgan fingerprint density at radius 3 is 2.58 bits per heavy atom. The Bertz CT molecular complexity index is 460. The van der Waals surface area contributed by atoms with Crippen molar-refractivity contribution in [3.05, 3.63) is 12.7 Å². The molecule has 1 saturated heterocycles. The normalized spacial score (nSPS) is 21.2. The third-order valence-electron chi connectivity index (χ3n) is 2.71. The van der Waals surface area contributed by atoms with Crippen LogP contribution in [0.2, 0.25) is 0 Å². The van der Waals surface area contributed by atoms with Crippen molar-refractivity contribution in [1.82, 2.24) is 10.2 Å². The van der Waals surface area contributed by atoms with Gasteiger partial charge in [0, 0.05) is 12.6 Å². The Labute approximate surface area is 112 Å². The summed E-state index contributed by atoms with van der Waals surface area (Å²) in [6.07, 6.45) is 1.92. The van der Waals surface area contributed by atoms with Crippen LogP contribution in [-0.2, 0) is 19.4 Å². The van der Waals surface area contributed by atoms with Gasteiger partial charge in [0.15, 0.2) is 9.84 Å². The van der Waals surface area contributed by atoms with Gasteiger partial charge in [-0.25, -0.2) is 8.42 Å². The molecule has 0 aromatic rings. The average molecular weight is 290 g/mol. The van der Waals surface area contributed by atoms with Crippen LogP contribution in [0.15, 0.2) is 12.7 Å². The van der Waals surface area contributed by atoms with Crippen LogP contribution >= 0.6 is 0 Å². The van der Waals surface area contributed by atoms with Gasteiger partial charge in [-0.05, 0) is 6.42 Å². The molecule has 0 spiro atoms. The van der Waals surface area contributed by atoms with Crippen molar-refractivity contribution in [2.24, 2.45) is 0 Å². The summed E-state index contributed by atoms with van der Waals surface area (Å²) < 4.78 is 22.5. The van der Waals surface area contributed by atoms with E-state index in [2.05, 4.69) is 11.9 Å². The van der Waals surface area contributed by atoms with Gasteiger partial charge >= 0.3 is 5.97 Å². The molecule has 0 saturated carbocycles. The summed E-state index contributed by atoms with van der Waals surface area (Å²) in [6, 6.07) is -0.368. The Morgan fingerprint density at radius 1 is 1.42 bits per heavy atom. The first-order valence-corrected chi connectivity index (χ1v) is 7.69. The summed E-state index contributed by atoms with van der Waals surface area (Å²) in [5.74, 6) is -1.36. The van der Waals surface area contributed by atoms with E-state index in [1.54, 1.807) is 0 Å². The smallest absolute Gasteiger partial charge is 0.317 e. The van der Waals surface area contributed by atoms with E-state index in [0.717, 1.165) is 0 Å². The van der Waals surface area contributed by atoms with Gasteiger partial charge in [0.05, 0.1) is 24.6 Å². The van der Waals surface area contributed by atoms with E-state index in [1.807, 2.05) is 0 Å². The Hall–Kier alpha value is -1.41. The zero-order valence-electron chi connectivity index (χ0n) is 10.5. The zero-order chi connectivity index (χ0) is 14.5. The number of carbonyl (C=O) groups is 2. The number of nitrogens with zero attached hydrogens (tertiary/aromatic N) is 1. The molecule has 0 aromatic carbocycles. The fourth-order valence-electron chi connectivity index (χ4n) is 1.94. The van der Waals surface area contributed by atoms with Crippen molar-refractivity contribution in [3.63, 3.8) is 0 Å². The number of aliphatic carboxylic acids is 1. The number of nitrogens with one attached hydrogen (secondary N) is 1. The molecule has 1 fully saturated rings. The predicted molar refractivity (Wildman–Crippen MR) is 69.5 cm³/mol. The second-order valence-electron chi connectivity index (χ2n) is 4.52. The number of hydrogen-bond donors (Lipinski definition) is 2. The summed E-state index contributed by atoms with van der Waals surface area (Å²) in [4.78, 5) is 23.7. The van der Waals surface area contributed by atoms with Crippen LogP contribution in [0, 0.1) is 0 Å². The highest BCUT2D eigenvalue weighted by atomic mass is 32.2. The van der Waals surface area contributed by atoms with Crippen molar-refractivity contribution < 1.29 is 23.1 Å². The van der Waals surface area contributed by atoms with E-state index in [9.17, 15) is 18.0 Å². The zero-order valence-corrected chi connectivity index (χ0v) is 11.4. The number of carboxylic acid groups (broad SMARTS) is 1. The molecule has 0 aromatic heterocycles. The molecule has 1 atom stereocenters. The molecule has 1 unspecified atom stereocenters. The monoisotopic (exact) mass is 290 g/mol. The molecule has 8 heteroatoms. The number of sulfone groups is 1. The van der Waals surface area contributed by atoms with Gasteiger partial charge in [0.25, 0.3) is 0 Å². The van der Waals surface area contributed by atoms with Crippen LogP contribution < -0.4 is 5.32 Å². The van der Waals surface area contributed by atoms with Gasteiger partial charge in [0.1, 0.15) is 0 Å². The van der Waals surface area contributed by atoms with E-state index in [0.29, 0.717) is 6.42 Å². The average Bonchev–Trinajstić information content (AvgIpc) is 2.56. The molecular formula is C11H18N2O5S. The van der Waals surface area contributed by atoms with Gasteiger partial charge in [-0.15, -0.1) is 6.58 Å². The number of carboxylic acids is 1. The summed E-state index contributed by atoms with van der Waals surface area (Å²) in [5.41, 5.74) is 0. The first-order chi connectivity index (χ1) is 8.82. The molecule has 1 aliphatic rings. The van der Waals surface area contributed by atoms with Gasteiger partial charge in [-0.3, -0.25) is 14.5 Å². The lowest BCUT2D eigenvalue weighted by Crippen LogP contribution is -2.44. The highest BCUT2D eigenvalue weighted by molar-refractivity contribution is 7.91. The minimum Gasteiger partial charge on any atom is -0.480 e. The molecule has 0 bridgehead atoms. The molecule has 7 nitrogen and oxygen atoms in total. The lowest BCUT2D eigenvalue weighted by molar-refractivity contribution is -0.138. The molecule has 1 amide bonds. The molecular weight excluding hydrogens is 272 g/mol. The van der Waals surface area contributed by atoms with Crippen molar-refractivity contribution in [1.29, 1.82) is 0 Å². The Kier molecular flexibility index (Phi) is 5.49. The molecule has 0 aliphatic carbocycles. The highest BCUT2D eigenvalue weighted by Crippen LogP contribution is 2.11.